The Morgan fingerprint density at radius 3 is 1.94 bits per heavy atom. The van der Waals surface area contributed by atoms with Gasteiger partial charge in [-0.05, 0) is 17.8 Å². The van der Waals surface area contributed by atoms with Crippen molar-refractivity contribution in [1.29, 1.82) is 0 Å². The summed E-state index contributed by atoms with van der Waals surface area (Å²) in [5.74, 6) is 0.746. The third-order valence-corrected chi connectivity index (χ3v) is 4.08. The fourth-order valence-electron chi connectivity index (χ4n) is 2.32. The van der Waals surface area contributed by atoms with Crippen LogP contribution >= 0.6 is 0 Å². The lowest BCUT2D eigenvalue weighted by Gasteiger charge is -2.30. The van der Waals surface area contributed by atoms with E-state index < -0.39 is 0 Å². The van der Waals surface area contributed by atoms with Crippen molar-refractivity contribution in [1.82, 2.24) is 0 Å². The number of hydrogen-bond acceptors (Lipinski definition) is 1. The summed E-state index contributed by atoms with van der Waals surface area (Å²) in [7, 11) is 0.882. The largest absolute Gasteiger partial charge is 0.428 e. The van der Waals surface area contributed by atoms with Crippen molar-refractivity contribution in [3.8, 4) is 0 Å². The van der Waals surface area contributed by atoms with Crippen LogP contribution in [0.1, 0.15) is 79.1 Å². The first-order valence-electron chi connectivity index (χ1n) is 7.51. The highest BCUT2D eigenvalue weighted by molar-refractivity contribution is 5.97. The van der Waals surface area contributed by atoms with Gasteiger partial charge in [-0.3, -0.25) is 0 Å². The molecule has 0 aliphatic carbocycles. The fraction of sp³-hybridized carbons (Fsp3) is 1.00. The molecule has 0 aromatic heterocycles. The van der Waals surface area contributed by atoms with Crippen molar-refractivity contribution in [3.05, 3.63) is 0 Å². The average Bonchev–Trinajstić information content (AvgIpc) is 2.25. The van der Waals surface area contributed by atoms with Crippen LogP contribution in [0.3, 0.4) is 0 Å². The maximum atomic E-state index is 5.48. The van der Waals surface area contributed by atoms with Gasteiger partial charge in [0, 0.05) is 6.61 Å². The predicted octanol–water partition coefficient (Wildman–Crippen LogP) is 4.09. The van der Waals surface area contributed by atoms with E-state index in [2.05, 4.69) is 27.7 Å². The van der Waals surface area contributed by atoms with E-state index in [9.17, 15) is 0 Å². The van der Waals surface area contributed by atoms with Crippen molar-refractivity contribution >= 4 is 10.5 Å². The molecule has 1 unspecified atom stereocenters. The maximum Gasteiger partial charge on any atom is 0.145 e. The van der Waals surface area contributed by atoms with Crippen LogP contribution in [0.4, 0.5) is 0 Å². The lowest BCUT2D eigenvalue weighted by molar-refractivity contribution is 0.141. The zero-order valence-electron chi connectivity index (χ0n) is 12.8. The quantitative estimate of drug-likeness (QED) is 0.424. The third-order valence-electron chi connectivity index (χ3n) is 3.75. The van der Waals surface area contributed by atoms with Crippen molar-refractivity contribution < 1.29 is 4.43 Å². The molecular formula is C15H34OSi. The summed E-state index contributed by atoms with van der Waals surface area (Å²) in [5.41, 5.74) is 0.409. The molecule has 0 heterocycles. The molecule has 0 fully saturated rings. The van der Waals surface area contributed by atoms with Crippen LogP contribution < -0.4 is 0 Å². The minimum atomic E-state index is 0.409. The first-order valence-corrected chi connectivity index (χ1v) is 8.33. The molecular weight excluding hydrogens is 224 g/mol. The van der Waals surface area contributed by atoms with E-state index in [4.69, 9.17) is 4.43 Å². The molecule has 17 heavy (non-hydrogen) atoms. The monoisotopic (exact) mass is 258 g/mol. The lowest BCUT2D eigenvalue weighted by Crippen LogP contribution is -2.25. The van der Waals surface area contributed by atoms with Gasteiger partial charge in [0.25, 0.3) is 0 Å². The lowest BCUT2D eigenvalue weighted by atomic mass is 9.78. The van der Waals surface area contributed by atoms with Gasteiger partial charge in [-0.1, -0.05) is 72.6 Å². The van der Waals surface area contributed by atoms with E-state index in [1.54, 1.807) is 0 Å². The average molecular weight is 259 g/mol. The smallest absolute Gasteiger partial charge is 0.145 e. The Balaban J connectivity index is 3.55. The predicted molar refractivity (Wildman–Crippen MR) is 81.4 cm³/mol. The molecule has 0 amide bonds. The number of unbranched alkanes of at least 4 members (excludes halogenated alkanes) is 6. The molecule has 0 saturated carbocycles. The first-order chi connectivity index (χ1) is 8.02. The molecule has 0 radical (unpaired) electrons. The Kier molecular flexibility index (Phi) is 10.2. The fourth-order valence-corrected chi connectivity index (χ4v) is 2.72. The number of rotatable bonds is 10. The zero-order valence-corrected chi connectivity index (χ0v) is 14.8. The Hall–Kier alpha value is 0.177. The summed E-state index contributed by atoms with van der Waals surface area (Å²) in [4.78, 5) is 0. The van der Waals surface area contributed by atoms with E-state index in [-0.39, 0.29) is 0 Å². The van der Waals surface area contributed by atoms with Crippen LogP contribution in [-0.2, 0) is 4.43 Å². The molecule has 0 aromatic rings. The summed E-state index contributed by atoms with van der Waals surface area (Å²) in [6.45, 7) is 10.3. The summed E-state index contributed by atoms with van der Waals surface area (Å²) >= 11 is 0. The zero-order chi connectivity index (χ0) is 13.1. The van der Waals surface area contributed by atoms with Gasteiger partial charge >= 0.3 is 0 Å². The van der Waals surface area contributed by atoms with Gasteiger partial charge < -0.3 is 4.43 Å². The van der Waals surface area contributed by atoms with Gasteiger partial charge in [-0.15, -0.1) is 0 Å². The van der Waals surface area contributed by atoms with E-state index in [0.717, 1.165) is 23.0 Å². The highest BCUT2D eigenvalue weighted by Crippen LogP contribution is 2.30. The van der Waals surface area contributed by atoms with Crippen LogP contribution in [-0.4, -0.2) is 17.1 Å². The topological polar surface area (TPSA) is 9.23 Å². The molecule has 0 saturated heterocycles. The molecule has 1 atom stereocenters. The van der Waals surface area contributed by atoms with Crippen LogP contribution in [0.15, 0.2) is 0 Å². The van der Waals surface area contributed by atoms with E-state index in [0.29, 0.717) is 5.41 Å². The van der Waals surface area contributed by atoms with E-state index in [1.165, 1.54) is 51.4 Å². The van der Waals surface area contributed by atoms with Gasteiger partial charge in [-0.25, -0.2) is 0 Å². The van der Waals surface area contributed by atoms with Gasteiger partial charge in [-0.2, -0.15) is 0 Å². The second-order valence-corrected chi connectivity index (χ2v) is 7.01. The summed E-state index contributed by atoms with van der Waals surface area (Å²) in [5, 5.41) is 0. The second-order valence-electron chi connectivity index (χ2n) is 6.43. The molecule has 2 heteroatoms. The summed E-state index contributed by atoms with van der Waals surface area (Å²) in [6, 6.07) is 0. The Bertz CT molecular complexity index is 163. The van der Waals surface area contributed by atoms with Crippen molar-refractivity contribution in [2.45, 2.75) is 79.1 Å². The highest BCUT2D eigenvalue weighted by atomic mass is 28.2. The molecule has 1 nitrogen and oxygen atoms in total. The molecule has 104 valence electrons. The van der Waals surface area contributed by atoms with Crippen LogP contribution in [0.2, 0.25) is 0 Å². The normalized spacial score (nSPS) is 14.1. The van der Waals surface area contributed by atoms with Crippen LogP contribution in [0.5, 0.6) is 0 Å². The van der Waals surface area contributed by atoms with Gasteiger partial charge in [0.1, 0.15) is 10.5 Å². The SMILES string of the molecule is CCCCCCCCCC(CO[SiH3])C(C)(C)C. The first kappa shape index (κ1) is 17.2. The molecule has 0 bridgehead atoms. The molecule has 0 spiro atoms. The van der Waals surface area contributed by atoms with Crippen molar-refractivity contribution in [2.75, 3.05) is 6.61 Å². The third kappa shape index (κ3) is 9.84. The van der Waals surface area contributed by atoms with E-state index >= 15 is 0 Å². The Morgan fingerprint density at radius 1 is 0.941 bits per heavy atom. The highest BCUT2D eigenvalue weighted by Gasteiger charge is 2.23. The molecule has 0 N–H and O–H groups in total. The minimum absolute atomic E-state index is 0.409. The Morgan fingerprint density at radius 2 is 1.47 bits per heavy atom. The van der Waals surface area contributed by atoms with Crippen molar-refractivity contribution in [2.24, 2.45) is 11.3 Å². The van der Waals surface area contributed by atoms with Crippen molar-refractivity contribution in [3.63, 3.8) is 0 Å². The van der Waals surface area contributed by atoms with Gasteiger partial charge in [0.15, 0.2) is 0 Å². The molecule has 0 aromatic carbocycles. The maximum absolute atomic E-state index is 5.48. The molecule has 0 aliphatic rings. The van der Waals surface area contributed by atoms with Gasteiger partial charge in [0.05, 0.1) is 0 Å². The van der Waals surface area contributed by atoms with E-state index in [1.807, 2.05) is 0 Å². The summed E-state index contributed by atoms with van der Waals surface area (Å²) in [6.07, 6.45) is 11.2. The molecule has 0 aliphatic heterocycles. The standard InChI is InChI=1S/C15H34OSi/c1-5-6-7-8-9-10-11-12-14(13-16-17)15(2,3)4/h14H,5-13H2,1-4,17H3. The van der Waals surface area contributed by atoms with Crippen LogP contribution in [0.25, 0.3) is 0 Å². The Labute approximate surface area is 112 Å². The number of hydrogen-bond donors (Lipinski definition) is 0. The second kappa shape index (κ2) is 10.1. The van der Waals surface area contributed by atoms with Gasteiger partial charge in [0.2, 0.25) is 0 Å². The van der Waals surface area contributed by atoms with Crippen LogP contribution in [0, 0.1) is 11.3 Å². The summed E-state index contributed by atoms with van der Waals surface area (Å²) < 4.78 is 5.48. The minimum Gasteiger partial charge on any atom is -0.428 e. The molecule has 0 rings (SSSR count).